The Kier molecular flexibility index (Phi) is 6.03. The van der Waals surface area contributed by atoms with Crippen molar-refractivity contribution in [2.45, 2.75) is 40.2 Å². The summed E-state index contributed by atoms with van der Waals surface area (Å²) < 4.78 is 0. The van der Waals surface area contributed by atoms with E-state index in [9.17, 15) is 9.59 Å². The van der Waals surface area contributed by atoms with Crippen LogP contribution in [0.15, 0.2) is 0 Å². The van der Waals surface area contributed by atoms with Crippen LogP contribution in [0.5, 0.6) is 0 Å². The van der Waals surface area contributed by atoms with Gasteiger partial charge in [-0.15, -0.1) is 0 Å². The molecule has 0 aliphatic heterocycles. The van der Waals surface area contributed by atoms with E-state index in [0.29, 0.717) is 0 Å². The Morgan fingerprint density at radius 2 is 1.88 bits per heavy atom. The average molecular weight is 230 g/mol. The highest BCUT2D eigenvalue weighted by atomic mass is 16.4. The van der Waals surface area contributed by atoms with Crippen molar-refractivity contribution in [2.75, 3.05) is 13.1 Å². The standard InChI is InChI=1S/C11H22N2O3/c1-5-6-12-7-8(14)13-9(10(15)16)11(2,3)4/h9,12H,5-7H2,1-4H3,(H,13,14)(H,15,16). The van der Waals surface area contributed by atoms with Gasteiger partial charge in [-0.3, -0.25) is 4.79 Å². The zero-order chi connectivity index (χ0) is 12.8. The van der Waals surface area contributed by atoms with Gasteiger partial charge in [0.2, 0.25) is 5.91 Å². The van der Waals surface area contributed by atoms with Gasteiger partial charge in [-0.05, 0) is 18.4 Å². The second-order valence-corrected chi connectivity index (χ2v) is 4.88. The summed E-state index contributed by atoms with van der Waals surface area (Å²) in [5.41, 5.74) is -0.494. The van der Waals surface area contributed by atoms with E-state index in [2.05, 4.69) is 10.6 Å². The molecule has 0 aromatic rings. The molecule has 16 heavy (non-hydrogen) atoms. The first-order valence-electron chi connectivity index (χ1n) is 5.52. The SMILES string of the molecule is CCCNCC(=O)NC(C(=O)O)C(C)(C)C. The quantitative estimate of drug-likeness (QED) is 0.584. The number of nitrogens with one attached hydrogen (secondary N) is 2. The summed E-state index contributed by atoms with van der Waals surface area (Å²) in [7, 11) is 0. The Bertz CT molecular complexity index is 246. The fourth-order valence-electron chi connectivity index (χ4n) is 1.24. The monoisotopic (exact) mass is 230 g/mol. The van der Waals surface area contributed by atoms with E-state index in [0.717, 1.165) is 13.0 Å². The molecular weight excluding hydrogens is 208 g/mol. The molecule has 0 radical (unpaired) electrons. The second-order valence-electron chi connectivity index (χ2n) is 4.88. The molecule has 5 nitrogen and oxygen atoms in total. The third-order valence-corrected chi connectivity index (χ3v) is 2.13. The molecule has 0 rings (SSSR count). The molecular formula is C11H22N2O3. The summed E-state index contributed by atoms with van der Waals surface area (Å²) in [5.74, 6) is -1.29. The van der Waals surface area contributed by atoms with Gasteiger partial charge in [-0.1, -0.05) is 27.7 Å². The van der Waals surface area contributed by atoms with Gasteiger partial charge in [-0.25, -0.2) is 4.79 Å². The van der Waals surface area contributed by atoms with Gasteiger partial charge in [0.25, 0.3) is 0 Å². The smallest absolute Gasteiger partial charge is 0.326 e. The number of carboxylic acid groups (broad SMARTS) is 1. The zero-order valence-corrected chi connectivity index (χ0v) is 10.5. The maximum absolute atomic E-state index is 11.4. The summed E-state index contributed by atoms with van der Waals surface area (Å²) in [6, 6.07) is -0.858. The van der Waals surface area contributed by atoms with Crippen LogP contribution in [0.4, 0.5) is 0 Å². The lowest BCUT2D eigenvalue weighted by molar-refractivity contribution is -0.144. The molecule has 94 valence electrons. The number of rotatable bonds is 6. The number of hydrogen-bond donors (Lipinski definition) is 3. The van der Waals surface area contributed by atoms with Gasteiger partial charge in [0.1, 0.15) is 6.04 Å². The summed E-state index contributed by atoms with van der Waals surface area (Å²) in [5, 5.41) is 14.4. The number of hydrogen-bond acceptors (Lipinski definition) is 3. The van der Waals surface area contributed by atoms with Gasteiger partial charge in [0.05, 0.1) is 6.54 Å². The van der Waals surface area contributed by atoms with Crippen LogP contribution in [0.2, 0.25) is 0 Å². The second kappa shape index (κ2) is 6.48. The van der Waals surface area contributed by atoms with Gasteiger partial charge < -0.3 is 15.7 Å². The fourth-order valence-corrected chi connectivity index (χ4v) is 1.24. The Morgan fingerprint density at radius 3 is 2.25 bits per heavy atom. The maximum atomic E-state index is 11.4. The minimum absolute atomic E-state index is 0.160. The predicted molar refractivity (Wildman–Crippen MR) is 62.2 cm³/mol. The first-order valence-corrected chi connectivity index (χ1v) is 5.52. The lowest BCUT2D eigenvalue weighted by Gasteiger charge is -2.27. The van der Waals surface area contributed by atoms with Crippen molar-refractivity contribution in [3.05, 3.63) is 0 Å². The van der Waals surface area contributed by atoms with Gasteiger partial charge >= 0.3 is 5.97 Å². The molecule has 5 heteroatoms. The van der Waals surface area contributed by atoms with Crippen LogP contribution in [-0.4, -0.2) is 36.1 Å². The van der Waals surface area contributed by atoms with Gasteiger partial charge in [-0.2, -0.15) is 0 Å². The summed E-state index contributed by atoms with van der Waals surface area (Å²) in [4.78, 5) is 22.4. The van der Waals surface area contributed by atoms with E-state index < -0.39 is 17.4 Å². The largest absolute Gasteiger partial charge is 0.480 e. The Hall–Kier alpha value is -1.10. The average Bonchev–Trinajstić information content (AvgIpc) is 2.12. The number of carbonyl (C=O) groups is 2. The number of aliphatic carboxylic acids is 1. The van der Waals surface area contributed by atoms with Crippen molar-refractivity contribution in [1.82, 2.24) is 10.6 Å². The molecule has 0 aliphatic carbocycles. The van der Waals surface area contributed by atoms with Crippen molar-refractivity contribution in [1.29, 1.82) is 0 Å². The van der Waals surface area contributed by atoms with E-state index in [4.69, 9.17) is 5.11 Å². The van der Waals surface area contributed by atoms with Crippen LogP contribution in [0.25, 0.3) is 0 Å². The van der Waals surface area contributed by atoms with Crippen molar-refractivity contribution < 1.29 is 14.7 Å². The highest BCUT2D eigenvalue weighted by Crippen LogP contribution is 2.19. The lowest BCUT2D eigenvalue weighted by atomic mass is 9.87. The Morgan fingerprint density at radius 1 is 1.31 bits per heavy atom. The van der Waals surface area contributed by atoms with Crippen molar-refractivity contribution in [3.8, 4) is 0 Å². The van der Waals surface area contributed by atoms with Crippen molar-refractivity contribution in [3.63, 3.8) is 0 Å². The van der Waals surface area contributed by atoms with Crippen molar-refractivity contribution in [2.24, 2.45) is 5.41 Å². The van der Waals surface area contributed by atoms with E-state index >= 15 is 0 Å². The van der Waals surface area contributed by atoms with Crippen LogP contribution in [0.3, 0.4) is 0 Å². The molecule has 3 N–H and O–H groups in total. The molecule has 0 aromatic heterocycles. The van der Waals surface area contributed by atoms with Crippen LogP contribution in [0.1, 0.15) is 34.1 Å². The normalized spacial score (nSPS) is 13.2. The number of carbonyl (C=O) groups excluding carboxylic acids is 1. The molecule has 0 fully saturated rings. The van der Waals surface area contributed by atoms with Gasteiger partial charge in [0, 0.05) is 0 Å². The molecule has 0 saturated carbocycles. The summed E-state index contributed by atoms with van der Waals surface area (Å²) >= 11 is 0. The number of carboxylic acids is 1. The minimum atomic E-state index is -1.00. The van der Waals surface area contributed by atoms with Crippen LogP contribution < -0.4 is 10.6 Å². The molecule has 1 amide bonds. The predicted octanol–water partition coefficient (Wildman–Crippen LogP) is 0.601. The first kappa shape index (κ1) is 14.9. The van der Waals surface area contributed by atoms with Crippen LogP contribution >= 0.6 is 0 Å². The van der Waals surface area contributed by atoms with E-state index in [1.807, 2.05) is 6.92 Å². The molecule has 0 aromatic carbocycles. The fraction of sp³-hybridized carbons (Fsp3) is 0.818. The summed E-state index contributed by atoms with van der Waals surface area (Å²) in [6.07, 6.45) is 0.939. The molecule has 0 saturated heterocycles. The maximum Gasteiger partial charge on any atom is 0.326 e. The van der Waals surface area contributed by atoms with Crippen LogP contribution in [-0.2, 0) is 9.59 Å². The Labute approximate surface area is 96.6 Å². The van der Waals surface area contributed by atoms with Crippen LogP contribution in [0, 0.1) is 5.41 Å². The van der Waals surface area contributed by atoms with E-state index in [1.54, 1.807) is 20.8 Å². The van der Waals surface area contributed by atoms with Crippen molar-refractivity contribution >= 4 is 11.9 Å². The topological polar surface area (TPSA) is 78.4 Å². The highest BCUT2D eigenvalue weighted by Gasteiger charge is 2.32. The molecule has 0 heterocycles. The lowest BCUT2D eigenvalue weighted by Crippen LogP contribution is -2.51. The molecule has 1 unspecified atom stereocenters. The van der Waals surface area contributed by atoms with E-state index in [1.165, 1.54) is 0 Å². The molecule has 0 aliphatic rings. The third kappa shape index (κ3) is 5.70. The molecule has 0 spiro atoms. The summed E-state index contributed by atoms with van der Waals surface area (Å²) in [6.45, 7) is 8.26. The molecule has 1 atom stereocenters. The zero-order valence-electron chi connectivity index (χ0n) is 10.5. The highest BCUT2D eigenvalue weighted by molar-refractivity contribution is 5.85. The van der Waals surface area contributed by atoms with Gasteiger partial charge in [0.15, 0.2) is 0 Å². The Balaban J connectivity index is 4.21. The van der Waals surface area contributed by atoms with E-state index in [-0.39, 0.29) is 12.5 Å². The third-order valence-electron chi connectivity index (χ3n) is 2.13. The first-order chi connectivity index (χ1) is 7.29. The minimum Gasteiger partial charge on any atom is -0.480 e. The molecule has 0 bridgehead atoms. The number of amides is 1.